The topological polar surface area (TPSA) is 186 Å². The van der Waals surface area contributed by atoms with Crippen LogP contribution in [0.3, 0.4) is 0 Å². The summed E-state index contributed by atoms with van der Waals surface area (Å²) in [5, 5.41) is 20.6. The van der Waals surface area contributed by atoms with Gasteiger partial charge in [-0.1, -0.05) is 62.4 Å². The van der Waals surface area contributed by atoms with Crippen LogP contribution in [0.4, 0.5) is 0 Å². The van der Waals surface area contributed by atoms with E-state index in [0.29, 0.717) is 29.6 Å². The van der Waals surface area contributed by atoms with Crippen molar-refractivity contribution >= 4 is 23.7 Å². The Bertz CT molecular complexity index is 1580. The molecule has 286 valence electrons. The van der Waals surface area contributed by atoms with E-state index in [0.717, 1.165) is 12.5 Å². The van der Waals surface area contributed by atoms with Gasteiger partial charge in [0, 0.05) is 51.7 Å². The van der Waals surface area contributed by atoms with E-state index in [1.165, 1.54) is 7.11 Å². The smallest absolute Gasteiger partial charge is 0.338 e. The van der Waals surface area contributed by atoms with Gasteiger partial charge in [0.2, 0.25) is 0 Å². The van der Waals surface area contributed by atoms with Crippen LogP contribution < -0.4 is 0 Å². The van der Waals surface area contributed by atoms with Crippen LogP contribution in [0, 0.1) is 16.7 Å². The van der Waals surface area contributed by atoms with E-state index in [1.54, 1.807) is 44.4 Å². The summed E-state index contributed by atoms with van der Waals surface area (Å²) < 4.78 is 30.8. The number of carbonyl (C=O) groups is 4. The normalized spacial score (nSPS) is 30.8. The predicted octanol–water partition coefficient (Wildman–Crippen LogP) is 4.54. The number of aryl methyl sites for hydroxylation is 1. The first-order chi connectivity index (χ1) is 24.0. The van der Waals surface area contributed by atoms with E-state index < -0.39 is 64.7 Å². The van der Waals surface area contributed by atoms with Gasteiger partial charge >= 0.3 is 11.9 Å². The van der Waals surface area contributed by atoms with Crippen LogP contribution in [-0.4, -0.2) is 96.3 Å². The Labute approximate surface area is 305 Å². The lowest BCUT2D eigenvalue weighted by atomic mass is 9.50. The van der Waals surface area contributed by atoms with Gasteiger partial charge in [0.15, 0.2) is 5.78 Å². The highest BCUT2D eigenvalue weighted by molar-refractivity contribution is 5.94. The molecule has 52 heavy (non-hydrogen) atoms. The van der Waals surface area contributed by atoms with Crippen molar-refractivity contribution in [2.45, 2.75) is 103 Å². The van der Waals surface area contributed by atoms with Crippen LogP contribution in [0.2, 0.25) is 0 Å². The highest BCUT2D eigenvalue weighted by Gasteiger charge is 2.69. The number of aliphatic carboxylic acids is 1. The van der Waals surface area contributed by atoms with E-state index in [9.17, 15) is 14.7 Å². The highest BCUT2D eigenvalue weighted by Crippen LogP contribution is 2.59. The SMILES string of the molecule is CC(=O)O.CO[C@H]1C(=O)[C@@]2(C)C(CO[C@@H](C)C[C@@H]2OC)[C@H](OC(=O)c2ccccc2)[C@]2(O)C[C@H](OC(=O)CCc3ccccc3)C(C)=C1C2(C)C.O. The monoisotopic (exact) mass is 726 g/mol. The Hall–Kier alpha value is -3.94. The predicted molar refractivity (Wildman–Crippen MR) is 191 cm³/mol. The third kappa shape index (κ3) is 8.31. The van der Waals surface area contributed by atoms with Crippen LogP contribution in [0.5, 0.6) is 0 Å². The molecule has 4 N–H and O–H groups in total. The second kappa shape index (κ2) is 17.3. The zero-order valence-corrected chi connectivity index (χ0v) is 31.3. The first kappa shape index (κ1) is 42.5. The second-order valence-corrected chi connectivity index (χ2v) is 14.5. The Morgan fingerprint density at radius 1 is 0.942 bits per heavy atom. The zero-order chi connectivity index (χ0) is 37.7. The van der Waals surface area contributed by atoms with E-state index in [-0.39, 0.29) is 36.8 Å². The number of methoxy groups -OCH3 is 2. The molecule has 0 spiro atoms. The maximum Gasteiger partial charge on any atom is 0.338 e. The molecule has 2 fully saturated rings. The summed E-state index contributed by atoms with van der Waals surface area (Å²) in [6.07, 6.45) is -3.19. The minimum Gasteiger partial charge on any atom is -0.481 e. The van der Waals surface area contributed by atoms with Crippen LogP contribution >= 0.6 is 0 Å². The van der Waals surface area contributed by atoms with Gasteiger partial charge in [0.1, 0.15) is 23.9 Å². The van der Waals surface area contributed by atoms with Crippen LogP contribution in [-0.2, 0) is 44.5 Å². The molecule has 12 heteroatoms. The minimum atomic E-state index is -1.82. The van der Waals surface area contributed by atoms with Crippen molar-refractivity contribution < 1.29 is 58.6 Å². The Morgan fingerprint density at radius 3 is 2.08 bits per heavy atom. The van der Waals surface area contributed by atoms with Crippen molar-refractivity contribution in [2.75, 3.05) is 20.8 Å². The lowest BCUT2D eigenvalue weighted by Crippen LogP contribution is -2.70. The minimum absolute atomic E-state index is 0. The molecule has 2 aromatic rings. The molecule has 1 unspecified atom stereocenters. The van der Waals surface area contributed by atoms with Crippen molar-refractivity contribution in [1.82, 2.24) is 0 Å². The molecule has 3 aliphatic rings. The number of benzene rings is 2. The molecule has 8 atom stereocenters. The summed E-state index contributed by atoms with van der Waals surface area (Å²) in [7, 11) is 3.02. The number of carboxylic acid groups (broad SMARTS) is 1. The molecular weight excluding hydrogens is 672 g/mol. The number of hydrogen-bond acceptors (Lipinski definition) is 10. The molecule has 1 heterocycles. The van der Waals surface area contributed by atoms with Gasteiger partial charge < -0.3 is 39.4 Å². The number of esters is 2. The Morgan fingerprint density at radius 2 is 1.52 bits per heavy atom. The standard InChI is InChI=1S/C38H48O9.C2H4O2.H2O/c1-23-20-29(43-6)37(5)27(22-45-23)34(47-35(41)26-16-12-9-13-17-26)38(42)21-28(46-30(39)19-18-25-14-10-8-11-15-25)24(2)31(36(38,3)4)32(44-7)33(37)40;1-2(3)4;/h8-17,23,27-29,32,34,42H,18-22H2,1-7H3;1H3,(H,3,4);1H2/t23-,27?,28-,29-,32+,34-,37-,38+;;/m0../s1. The molecule has 2 aliphatic carbocycles. The first-order valence-electron chi connectivity index (χ1n) is 17.4. The number of carbonyl (C=O) groups excluding carboxylic acids is 3. The van der Waals surface area contributed by atoms with E-state index >= 15 is 4.79 Å². The fraction of sp³-hybridized carbons (Fsp3) is 0.550. The summed E-state index contributed by atoms with van der Waals surface area (Å²) in [6.45, 7) is 10.3. The zero-order valence-electron chi connectivity index (χ0n) is 31.3. The van der Waals surface area contributed by atoms with E-state index in [2.05, 4.69) is 0 Å². The average molecular weight is 727 g/mol. The van der Waals surface area contributed by atoms with Gasteiger partial charge in [-0.05, 0) is 56.0 Å². The van der Waals surface area contributed by atoms with Crippen molar-refractivity contribution in [3.8, 4) is 0 Å². The third-order valence-electron chi connectivity index (χ3n) is 11.1. The number of carboxylic acids is 1. The number of fused-ring (bicyclic) bond motifs is 3. The lowest BCUT2D eigenvalue weighted by molar-refractivity contribution is -0.220. The fourth-order valence-electron chi connectivity index (χ4n) is 8.12. The lowest BCUT2D eigenvalue weighted by Gasteiger charge is -2.59. The van der Waals surface area contributed by atoms with Crippen molar-refractivity contribution in [1.29, 1.82) is 0 Å². The van der Waals surface area contributed by atoms with Gasteiger partial charge in [-0.3, -0.25) is 14.4 Å². The molecule has 0 radical (unpaired) electrons. The number of rotatable bonds is 8. The number of aliphatic hydroxyl groups is 1. The number of hydrogen-bond donors (Lipinski definition) is 2. The molecule has 0 amide bonds. The second-order valence-electron chi connectivity index (χ2n) is 14.5. The molecule has 12 nitrogen and oxygen atoms in total. The van der Waals surface area contributed by atoms with E-state index in [4.69, 9.17) is 33.6 Å². The van der Waals surface area contributed by atoms with Gasteiger partial charge in [-0.25, -0.2) is 4.79 Å². The summed E-state index contributed by atoms with van der Waals surface area (Å²) >= 11 is 0. The molecule has 1 aliphatic heterocycles. The van der Waals surface area contributed by atoms with Crippen molar-refractivity contribution in [3.63, 3.8) is 0 Å². The molecule has 1 saturated carbocycles. The highest BCUT2D eigenvalue weighted by atomic mass is 16.6. The summed E-state index contributed by atoms with van der Waals surface area (Å²) in [5.74, 6) is -3.02. The molecular formula is C40H54O12. The maximum atomic E-state index is 15.0. The third-order valence-corrected chi connectivity index (χ3v) is 11.1. The number of Topliss-reactive ketones (excluding diaryl/α,β-unsaturated/α-hetero) is 1. The Balaban J connectivity index is 0.00000139. The molecule has 0 aromatic heterocycles. The number of ether oxygens (including phenoxy) is 5. The quantitative estimate of drug-likeness (QED) is 0.287. The molecule has 1 saturated heterocycles. The van der Waals surface area contributed by atoms with Crippen molar-refractivity contribution in [2.24, 2.45) is 16.7 Å². The molecule has 2 aromatic carbocycles. The van der Waals surface area contributed by atoms with Gasteiger partial charge in [0.05, 0.1) is 29.8 Å². The maximum absolute atomic E-state index is 15.0. The largest absolute Gasteiger partial charge is 0.481 e. The average Bonchev–Trinajstić information content (AvgIpc) is 3.22. The fourth-order valence-corrected chi connectivity index (χ4v) is 8.12. The summed E-state index contributed by atoms with van der Waals surface area (Å²) in [4.78, 5) is 51.2. The van der Waals surface area contributed by atoms with Gasteiger partial charge in [-0.15, -0.1) is 0 Å². The van der Waals surface area contributed by atoms with Crippen LogP contribution in [0.1, 0.15) is 76.7 Å². The van der Waals surface area contributed by atoms with Crippen molar-refractivity contribution in [3.05, 3.63) is 82.9 Å². The molecule has 5 rings (SSSR count). The van der Waals surface area contributed by atoms with Gasteiger partial charge in [-0.2, -0.15) is 0 Å². The molecule has 2 bridgehead atoms. The summed E-state index contributed by atoms with van der Waals surface area (Å²) in [6, 6.07) is 18.2. The van der Waals surface area contributed by atoms with Crippen LogP contribution in [0.15, 0.2) is 71.8 Å². The Kier molecular flexibility index (Phi) is 14.1. The van der Waals surface area contributed by atoms with E-state index in [1.807, 2.05) is 58.0 Å². The number of ketones is 1. The van der Waals surface area contributed by atoms with Crippen LogP contribution in [0.25, 0.3) is 0 Å². The first-order valence-corrected chi connectivity index (χ1v) is 17.4. The van der Waals surface area contributed by atoms with Gasteiger partial charge in [0.25, 0.3) is 5.97 Å². The summed E-state index contributed by atoms with van der Waals surface area (Å²) in [5.41, 5.74) is -1.84.